The molecule has 1 N–H and O–H groups in total. The summed E-state index contributed by atoms with van der Waals surface area (Å²) in [5.74, 6) is -0.290. The van der Waals surface area contributed by atoms with Crippen molar-refractivity contribution >= 4 is 38.3 Å². The first kappa shape index (κ1) is 20.1. The van der Waals surface area contributed by atoms with Crippen LogP contribution in [0.5, 0.6) is 0 Å². The van der Waals surface area contributed by atoms with E-state index in [0.29, 0.717) is 17.7 Å². The number of rotatable bonds is 6. The molecule has 0 aliphatic carbocycles. The van der Waals surface area contributed by atoms with E-state index >= 15 is 0 Å². The molecular formula is C24H25BrN2O2. The van der Waals surface area contributed by atoms with Crippen molar-refractivity contribution in [2.45, 2.75) is 19.4 Å². The average molecular weight is 453 g/mol. The summed E-state index contributed by atoms with van der Waals surface area (Å²) >= 11 is 3.60. The second-order valence-corrected chi connectivity index (χ2v) is 8.25. The number of fused-ring (bicyclic) bond motifs is 2. The lowest BCUT2D eigenvalue weighted by Crippen LogP contribution is -2.44. The Morgan fingerprint density at radius 2 is 1.72 bits per heavy atom. The van der Waals surface area contributed by atoms with Crippen LogP contribution in [0.1, 0.15) is 25.0 Å². The molecule has 1 atom stereocenters. The lowest BCUT2D eigenvalue weighted by Gasteiger charge is -2.26. The Labute approximate surface area is 179 Å². The number of likely N-dealkylation sites (N-methyl/N-ethyl adjacent to an activating group) is 1. The highest BCUT2D eigenvalue weighted by Gasteiger charge is 2.51. The Kier molecular flexibility index (Phi) is 5.47. The van der Waals surface area contributed by atoms with Crippen molar-refractivity contribution in [3.8, 4) is 0 Å². The summed E-state index contributed by atoms with van der Waals surface area (Å²) in [6.07, 6.45) is 0. The molecule has 1 amide bonds. The van der Waals surface area contributed by atoms with Crippen LogP contribution in [0.4, 0.5) is 5.69 Å². The Morgan fingerprint density at radius 3 is 2.45 bits per heavy atom. The van der Waals surface area contributed by atoms with Crippen LogP contribution in [-0.4, -0.2) is 42.1 Å². The van der Waals surface area contributed by atoms with Crippen molar-refractivity contribution < 1.29 is 9.90 Å². The van der Waals surface area contributed by atoms with E-state index < -0.39 is 5.60 Å². The van der Waals surface area contributed by atoms with Gasteiger partial charge in [-0.3, -0.25) is 4.79 Å². The van der Waals surface area contributed by atoms with Crippen LogP contribution in [0.15, 0.2) is 65.1 Å². The number of hydrogen-bond donors (Lipinski definition) is 1. The molecule has 1 aliphatic rings. The molecule has 3 aromatic carbocycles. The zero-order valence-corrected chi connectivity index (χ0v) is 18.3. The van der Waals surface area contributed by atoms with E-state index in [9.17, 15) is 9.90 Å². The number of nitrogens with zero attached hydrogens (tertiary/aromatic N) is 2. The maximum Gasteiger partial charge on any atom is 0.268 e. The van der Waals surface area contributed by atoms with Gasteiger partial charge in [-0.15, -0.1) is 0 Å². The van der Waals surface area contributed by atoms with E-state index in [1.54, 1.807) is 4.90 Å². The SMILES string of the molecule is CCN(CC)CCN1C(=O)C(O)(c2ccc3ccccc3c2)c2cccc(Br)c21. The van der Waals surface area contributed by atoms with Crippen LogP contribution in [0, 0.1) is 0 Å². The molecule has 1 aliphatic heterocycles. The smallest absolute Gasteiger partial charge is 0.268 e. The van der Waals surface area contributed by atoms with Crippen molar-refractivity contribution in [3.63, 3.8) is 0 Å². The highest BCUT2D eigenvalue weighted by molar-refractivity contribution is 9.10. The standard InChI is InChI=1S/C24H25BrN2O2/c1-3-26(4-2)14-15-27-22-20(10-7-11-21(22)25)24(29,23(27)28)19-13-12-17-8-5-6-9-18(17)16-19/h5-13,16,29H,3-4,14-15H2,1-2H3. The molecule has 0 aromatic heterocycles. The van der Waals surface area contributed by atoms with E-state index in [1.165, 1.54) is 0 Å². The number of anilines is 1. The number of carbonyl (C=O) groups is 1. The van der Waals surface area contributed by atoms with Crippen LogP contribution < -0.4 is 4.90 Å². The molecule has 0 spiro atoms. The Hall–Kier alpha value is -2.21. The van der Waals surface area contributed by atoms with Gasteiger partial charge in [-0.25, -0.2) is 0 Å². The summed E-state index contributed by atoms with van der Waals surface area (Å²) < 4.78 is 0.819. The third-order valence-corrected chi connectivity index (χ3v) is 6.54. The van der Waals surface area contributed by atoms with E-state index in [2.05, 4.69) is 34.7 Å². The van der Waals surface area contributed by atoms with Gasteiger partial charge in [-0.05, 0) is 57.5 Å². The zero-order valence-electron chi connectivity index (χ0n) is 16.7. The lowest BCUT2D eigenvalue weighted by molar-refractivity contribution is -0.132. The average Bonchev–Trinajstić information content (AvgIpc) is 2.98. The predicted molar refractivity (Wildman–Crippen MR) is 121 cm³/mol. The van der Waals surface area contributed by atoms with Gasteiger partial charge in [0.25, 0.3) is 5.91 Å². The maximum absolute atomic E-state index is 13.6. The third kappa shape index (κ3) is 3.27. The van der Waals surface area contributed by atoms with Crippen LogP contribution >= 0.6 is 15.9 Å². The van der Waals surface area contributed by atoms with Gasteiger partial charge in [-0.1, -0.05) is 62.4 Å². The van der Waals surface area contributed by atoms with E-state index in [4.69, 9.17) is 0 Å². The van der Waals surface area contributed by atoms with Gasteiger partial charge >= 0.3 is 0 Å². The van der Waals surface area contributed by atoms with Gasteiger partial charge in [-0.2, -0.15) is 0 Å². The molecule has 0 saturated carbocycles. The number of carbonyl (C=O) groups excluding carboxylic acids is 1. The fourth-order valence-electron chi connectivity index (χ4n) is 4.18. The van der Waals surface area contributed by atoms with Crippen molar-refractivity contribution in [2.24, 2.45) is 0 Å². The number of aliphatic hydroxyl groups is 1. The fraction of sp³-hybridized carbons (Fsp3) is 0.292. The van der Waals surface area contributed by atoms with Gasteiger partial charge in [0.1, 0.15) is 0 Å². The number of para-hydroxylation sites is 1. The molecule has 1 unspecified atom stereocenters. The monoisotopic (exact) mass is 452 g/mol. The normalized spacial score (nSPS) is 18.7. The quantitative estimate of drug-likeness (QED) is 0.597. The van der Waals surface area contributed by atoms with Crippen LogP contribution in [0.2, 0.25) is 0 Å². The van der Waals surface area contributed by atoms with Crippen molar-refractivity contribution in [3.05, 3.63) is 76.3 Å². The summed E-state index contributed by atoms with van der Waals surface area (Å²) in [5.41, 5.74) is 0.310. The number of benzene rings is 3. The first-order chi connectivity index (χ1) is 14.0. The maximum atomic E-state index is 13.6. The van der Waals surface area contributed by atoms with Crippen molar-refractivity contribution in [1.29, 1.82) is 0 Å². The molecule has 29 heavy (non-hydrogen) atoms. The first-order valence-electron chi connectivity index (χ1n) is 10.1. The second-order valence-electron chi connectivity index (χ2n) is 7.39. The minimum absolute atomic E-state index is 0.290. The summed E-state index contributed by atoms with van der Waals surface area (Å²) in [4.78, 5) is 17.6. The van der Waals surface area contributed by atoms with Crippen molar-refractivity contribution in [2.75, 3.05) is 31.1 Å². The van der Waals surface area contributed by atoms with Crippen LogP contribution in [-0.2, 0) is 10.4 Å². The van der Waals surface area contributed by atoms with Crippen LogP contribution in [0.25, 0.3) is 10.8 Å². The topological polar surface area (TPSA) is 43.8 Å². The van der Waals surface area contributed by atoms with E-state index in [-0.39, 0.29) is 5.91 Å². The number of hydrogen-bond acceptors (Lipinski definition) is 3. The summed E-state index contributed by atoms with van der Waals surface area (Å²) in [7, 11) is 0. The first-order valence-corrected chi connectivity index (χ1v) is 10.8. The predicted octanol–water partition coefficient (Wildman–Crippen LogP) is 4.53. The highest BCUT2D eigenvalue weighted by Crippen LogP contribution is 2.47. The largest absolute Gasteiger partial charge is 0.372 e. The number of amides is 1. The van der Waals surface area contributed by atoms with Gasteiger partial charge < -0.3 is 14.9 Å². The molecule has 4 nitrogen and oxygen atoms in total. The number of halogens is 1. The van der Waals surface area contributed by atoms with Crippen molar-refractivity contribution in [1.82, 2.24) is 4.90 Å². The molecular weight excluding hydrogens is 428 g/mol. The molecule has 3 aromatic rings. The van der Waals surface area contributed by atoms with Gasteiger partial charge in [0.05, 0.1) is 5.69 Å². The molecule has 0 saturated heterocycles. The van der Waals surface area contributed by atoms with Crippen LogP contribution in [0.3, 0.4) is 0 Å². The second kappa shape index (κ2) is 7.90. The minimum Gasteiger partial charge on any atom is -0.372 e. The summed E-state index contributed by atoms with van der Waals surface area (Å²) in [5, 5.41) is 13.9. The lowest BCUT2D eigenvalue weighted by atomic mass is 9.86. The Morgan fingerprint density at radius 1 is 1.00 bits per heavy atom. The van der Waals surface area contributed by atoms with Gasteiger partial charge in [0, 0.05) is 23.1 Å². The molecule has 0 fully saturated rings. The molecule has 4 rings (SSSR count). The fourth-order valence-corrected chi connectivity index (χ4v) is 4.76. The van der Waals surface area contributed by atoms with E-state index in [1.807, 2.05) is 60.7 Å². The third-order valence-electron chi connectivity index (χ3n) is 5.90. The summed E-state index contributed by atoms with van der Waals surface area (Å²) in [6, 6.07) is 19.4. The molecule has 150 valence electrons. The van der Waals surface area contributed by atoms with Gasteiger partial charge in [0.15, 0.2) is 5.60 Å². The molecule has 0 radical (unpaired) electrons. The Balaban J connectivity index is 1.81. The van der Waals surface area contributed by atoms with Gasteiger partial charge in [0.2, 0.25) is 0 Å². The molecule has 5 heteroatoms. The highest BCUT2D eigenvalue weighted by atomic mass is 79.9. The Bertz CT molecular complexity index is 1060. The molecule has 0 bridgehead atoms. The molecule has 1 heterocycles. The zero-order chi connectivity index (χ0) is 20.6. The van der Waals surface area contributed by atoms with E-state index in [0.717, 1.165) is 40.6 Å². The minimum atomic E-state index is -1.69. The summed E-state index contributed by atoms with van der Waals surface area (Å²) in [6.45, 7) is 7.38.